The van der Waals surface area contributed by atoms with E-state index in [1.807, 2.05) is 11.0 Å². The first kappa shape index (κ1) is 30.2. The third kappa shape index (κ3) is 5.10. The van der Waals surface area contributed by atoms with E-state index in [1.165, 1.54) is 0 Å². The number of hydrogen-bond donors (Lipinski definition) is 2. The molecule has 0 radical (unpaired) electrons. The van der Waals surface area contributed by atoms with Crippen LogP contribution in [0.4, 0.5) is 19.4 Å². The number of halogens is 3. The summed E-state index contributed by atoms with van der Waals surface area (Å²) in [7, 11) is 0. The number of H-pyrrole nitrogens is 1. The average Bonchev–Trinajstić information content (AvgIpc) is 3.40. The molecular weight excluding hydrogens is 646 g/mol. The number of alkyl halides is 1. The van der Waals surface area contributed by atoms with Crippen LogP contribution in [0.2, 0.25) is 5.02 Å². The van der Waals surface area contributed by atoms with Gasteiger partial charge >= 0.3 is 12.1 Å². The number of alkyl carbamates (subject to hydrolysis) is 1. The van der Waals surface area contributed by atoms with E-state index in [9.17, 15) is 9.18 Å². The van der Waals surface area contributed by atoms with E-state index in [2.05, 4.69) is 25.4 Å². The Hall–Kier alpha value is -3.88. The number of amides is 1. The van der Waals surface area contributed by atoms with Crippen molar-refractivity contribution in [3.63, 3.8) is 0 Å². The molecule has 2 N–H and O–H groups in total. The van der Waals surface area contributed by atoms with Crippen molar-refractivity contribution in [1.29, 1.82) is 0 Å². The Labute approximate surface area is 279 Å². The van der Waals surface area contributed by atoms with Gasteiger partial charge in [0.25, 0.3) is 0 Å². The van der Waals surface area contributed by atoms with Crippen molar-refractivity contribution in [2.45, 2.75) is 55.8 Å². The van der Waals surface area contributed by atoms with Crippen LogP contribution < -0.4 is 15.0 Å². The lowest BCUT2D eigenvalue weighted by Crippen LogP contribution is -2.43. The van der Waals surface area contributed by atoms with Gasteiger partial charge in [-0.25, -0.2) is 13.6 Å². The predicted molar refractivity (Wildman–Crippen MR) is 173 cm³/mol. The molecule has 1 amide bonds. The molecule has 12 nitrogen and oxygen atoms in total. The SMILES string of the molecule is O=C1NCC[C@@H]2CC2c2c(Cl)cc3[nH]ncc3c2-c2ncc3c(nc(OC[C@@]45CCCN4C[C@H](F)C5)nc3c2F)N2CCOC[C@H](C2)O1. The molecule has 6 aliphatic rings. The maximum absolute atomic E-state index is 17.2. The van der Waals surface area contributed by atoms with Gasteiger partial charge in [0.2, 0.25) is 0 Å². The number of aromatic amines is 1. The maximum Gasteiger partial charge on any atom is 0.407 e. The van der Waals surface area contributed by atoms with Gasteiger partial charge in [-0.05, 0) is 55.7 Å². The smallest absolute Gasteiger partial charge is 0.407 e. The fraction of sp³-hybridized carbons (Fsp3) is 0.545. The van der Waals surface area contributed by atoms with Gasteiger partial charge in [-0.1, -0.05) is 11.6 Å². The molecule has 252 valence electrons. The molecule has 10 rings (SSSR count). The number of ether oxygens (including phenoxy) is 3. The van der Waals surface area contributed by atoms with Gasteiger partial charge in [-0.3, -0.25) is 15.0 Å². The minimum atomic E-state index is -0.923. The normalized spacial score (nSPS) is 28.9. The zero-order chi connectivity index (χ0) is 32.6. The van der Waals surface area contributed by atoms with Crippen LogP contribution in [-0.2, 0) is 9.47 Å². The maximum atomic E-state index is 17.2. The van der Waals surface area contributed by atoms with Crippen LogP contribution in [0.5, 0.6) is 6.01 Å². The summed E-state index contributed by atoms with van der Waals surface area (Å²) in [6.07, 6.45) is 4.87. The second-order valence-electron chi connectivity index (χ2n) is 13.7. The Bertz CT molecular complexity index is 1930. The fourth-order valence-electron chi connectivity index (χ4n) is 8.36. The molecule has 4 fully saturated rings. The Morgan fingerprint density at radius 1 is 1.19 bits per heavy atom. The fourth-order valence-corrected chi connectivity index (χ4v) is 8.70. The number of hydrogen-bond acceptors (Lipinski definition) is 10. The molecule has 4 aromatic rings. The first-order chi connectivity index (χ1) is 23.4. The summed E-state index contributed by atoms with van der Waals surface area (Å²) >= 11 is 6.93. The number of fused-ring (bicyclic) bond motifs is 7. The number of nitrogens with one attached hydrogen (secondary N) is 2. The molecule has 1 aromatic carbocycles. The first-order valence-electron chi connectivity index (χ1n) is 16.7. The molecule has 0 spiro atoms. The van der Waals surface area contributed by atoms with Gasteiger partial charge in [0.1, 0.15) is 35.9 Å². The van der Waals surface area contributed by atoms with Crippen LogP contribution in [0.15, 0.2) is 18.5 Å². The molecule has 15 heteroatoms. The molecule has 48 heavy (non-hydrogen) atoms. The van der Waals surface area contributed by atoms with Crippen LogP contribution in [0, 0.1) is 11.7 Å². The van der Waals surface area contributed by atoms with Gasteiger partial charge in [0.05, 0.1) is 42.4 Å². The highest BCUT2D eigenvalue weighted by atomic mass is 35.5. The summed E-state index contributed by atoms with van der Waals surface area (Å²) in [4.78, 5) is 31.1. The van der Waals surface area contributed by atoms with Gasteiger partial charge in [0, 0.05) is 48.2 Å². The van der Waals surface area contributed by atoms with Gasteiger partial charge in [-0.2, -0.15) is 15.1 Å². The van der Waals surface area contributed by atoms with Crippen molar-refractivity contribution >= 4 is 45.3 Å². The van der Waals surface area contributed by atoms with Crippen molar-refractivity contribution < 1.29 is 27.8 Å². The first-order valence-corrected chi connectivity index (χ1v) is 17.1. The quantitative estimate of drug-likeness (QED) is 0.313. The Balaban J connectivity index is 1.21. The third-order valence-corrected chi connectivity index (χ3v) is 11.0. The predicted octanol–water partition coefficient (Wildman–Crippen LogP) is 4.75. The van der Waals surface area contributed by atoms with Crippen LogP contribution in [0.25, 0.3) is 33.1 Å². The summed E-state index contributed by atoms with van der Waals surface area (Å²) in [5, 5.41) is 11.7. The monoisotopic (exact) mass is 680 g/mol. The molecular formula is C33H35ClF2N8O4. The minimum Gasteiger partial charge on any atom is -0.461 e. The molecule has 3 saturated heterocycles. The molecule has 3 aromatic heterocycles. The molecule has 5 aliphatic heterocycles. The van der Waals surface area contributed by atoms with Crippen LogP contribution in [0.3, 0.4) is 0 Å². The van der Waals surface area contributed by atoms with Crippen molar-refractivity contribution in [2.75, 3.05) is 57.4 Å². The molecule has 1 aliphatic carbocycles. The summed E-state index contributed by atoms with van der Waals surface area (Å²) in [5.74, 6) is 0.0207. The molecule has 6 bridgehead atoms. The van der Waals surface area contributed by atoms with E-state index in [4.69, 9.17) is 35.8 Å². The van der Waals surface area contributed by atoms with Crippen LogP contribution in [0.1, 0.15) is 43.6 Å². The second-order valence-corrected chi connectivity index (χ2v) is 14.1. The molecule has 1 unspecified atom stereocenters. The molecule has 8 heterocycles. The summed E-state index contributed by atoms with van der Waals surface area (Å²) in [6.45, 7) is 2.99. The average molecular weight is 681 g/mol. The Morgan fingerprint density at radius 3 is 3.02 bits per heavy atom. The van der Waals surface area contributed by atoms with Gasteiger partial charge < -0.3 is 24.4 Å². The highest BCUT2D eigenvalue weighted by Crippen LogP contribution is 2.55. The van der Waals surface area contributed by atoms with Crippen LogP contribution >= 0.6 is 11.6 Å². The largest absolute Gasteiger partial charge is 0.461 e. The van der Waals surface area contributed by atoms with E-state index in [-0.39, 0.29) is 48.8 Å². The number of rotatable bonds is 3. The second kappa shape index (κ2) is 11.6. The van der Waals surface area contributed by atoms with Crippen molar-refractivity contribution in [3.8, 4) is 17.3 Å². The zero-order valence-corrected chi connectivity index (χ0v) is 26.9. The third-order valence-electron chi connectivity index (χ3n) is 10.7. The standard InChI is InChI=1S/C33H35ClF2N8O4/c34-23-9-24-21(12-39-42-24)26-25(23)20-8-17(20)2-4-37-32(45)48-19-14-43(6-7-46-15-19)30-22-11-38-29(26)27(36)28(22)40-31(41-30)47-16-33-3-1-5-44(33)13-18(35)10-33/h9,11-12,17-20H,1-8,10,13-16H2,(H,37,45)(H,39,42)/t17-,18-,19+,20?,33+/m1/s1. The molecule has 5 atom stereocenters. The Morgan fingerprint density at radius 2 is 2.10 bits per heavy atom. The highest BCUT2D eigenvalue weighted by molar-refractivity contribution is 6.33. The number of carbonyl (C=O) groups is 1. The van der Waals surface area contributed by atoms with Crippen molar-refractivity contribution in [2.24, 2.45) is 5.92 Å². The molecule has 1 saturated carbocycles. The lowest BCUT2D eigenvalue weighted by Gasteiger charge is -2.31. The minimum absolute atomic E-state index is 0.0163. The van der Waals surface area contributed by atoms with Crippen LogP contribution in [-0.4, -0.2) is 107 Å². The van der Waals surface area contributed by atoms with Gasteiger partial charge in [-0.15, -0.1) is 0 Å². The number of carbonyl (C=O) groups excluding carboxylic acids is 1. The summed E-state index contributed by atoms with van der Waals surface area (Å²) < 4.78 is 49.6. The highest BCUT2D eigenvalue weighted by Gasteiger charge is 2.49. The number of anilines is 1. The van der Waals surface area contributed by atoms with E-state index in [0.29, 0.717) is 71.8 Å². The zero-order valence-electron chi connectivity index (χ0n) is 26.2. The van der Waals surface area contributed by atoms with E-state index in [1.54, 1.807) is 12.4 Å². The lowest BCUT2D eigenvalue weighted by molar-refractivity contribution is 0.0381. The van der Waals surface area contributed by atoms with Gasteiger partial charge in [0.15, 0.2) is 5.82 Å². The lowest BCUT2D eigenvalue weighted by atomic mass is 9.94. The van der Waals surface area contributed by atoms with E-state index < -0.39 is 29.7 Å². The number of aromatic nitrogens is 5. The Kier molecular flexibility index (Phi) is 7.31. The van der Waals surface area contributed by atoms with Crippen molar-refractivity contribution in [1.82, 2.24) is 35.4 Å². The summed E-state index contributed by atoms with van der Waals surface area (Å²) in [6, 6.07) is 1.80. The van der Waals surface area contributed by atoms with Crippen molar-refractivity contribution in [3.05, 3.63) is 34.9 Å². The number of pyridine rings is 1. The summed E-state index contributed by atoms with van der Waals surface area (Å²) in [5.41, 5.74) is 1.74. The number of benzene rings is 1. The number of nitrogens with zero attached hydrogens (tertiary/aromatic N) is 6. The topological polar surface area (TPSA) is 131 Å². The van der Waals surface area contributed by atoms with E-state index in [0.717, 1.165) is 31.4 Å². The van der Waals surface area contributed by atoms with E-state index >= 15 is 4.39 Å².